The molecule has 1 heterocycles. The molecule has 0 radical (unpaired) electrons. The summed E-state index contributed by atoms with van der Waals surface area (Å²) in [6.45, 7) is 0. The Bertz CT molecular complexity index is 514. The first-order valence-corrected chi connectivity index (χ1v) is 5.42. The molecule has 2 aromatic rings. The molecular formula is C10H6FIN2O2. The minimum atomic E-state index is -0.415. The summed E-state index contributed by atoms with van der Waals surface area (Å²) in [6.07, 6.45) is 1.38. The van der Waals surface area contributed by atoms with E-state index >= 15 is 0 Å². The van der Waals surface area contributed by atoms with E-state index in [1.54, 1.807) is 0 Å². The van der Waals surface area contributed by atoms with Gasteiger partial charge < -0.3 is 9.84 Å². The minimum absolute atomic E-state index is 0.111. The molecule has 1 aromatic carbocycles. The van der Waals surface area contributed by atoms with E-state index < -0.39 is 5.91 Å². The first-order valence-electron chi connectivity index (χ1n) is 4.34. The van der Waals surface area contributed by atoms with Crippen LogP contribution in [0.4, 0.5) is 10.1 Å². The minimum Gasteiger partial charge on any atom is -0.351 e. The lowest BCUT2D eigenvalue weighted by molar-refractivity contribution is 0.0988. The average Bonchev–Trinajstić information content (AvgIpc) is 2.75. The van der Waals surface area contributed by atoms with Crippen LogP contribution >= 0.6 is 22.6 Å². The van der Waals surface area contributed by atoms with E-state index in [0.29, 0.717) is 9.26 Å². The molecule has 0 saturated carbocycles. The highest BCUT2D eigenvalue weighted by atomic mass is 127. The van der Waals surface area contributed by atoms with Crippen molar-refractivity contribution in [3.05, 3.63) is 45.6 Å². The number of hydrogen-bond donors (Lipinski definition) is 1. The van der Waals surface area contributed by atoms with E-state index in [2.05, 4.69) is 10.5 Å². The monoisotopic (exact) mass is 332 g/mol. The van der Waals surface area contributed by atoms with Crippen LogP contribution < -0.4 is 5.32 Å². The third-order valence-electron chi connectivity index (χ3n) is 1.84. The first-order chi connectivity index (χ1) is 7.66. The molecule has 4 nitrogen and oxygen atoms in total. The highest BCUT2D eigenvalue weighted by molar-refractivity contribution is 14.1. The van der Waals surface area contributed by atoms with Crippen LogP contribution in [0, 0.1) is 9.39 Å². The Morgan fingerprint density at radius 1 is 1.44 bits per heavy atom. The number of amides is 1. The van der Waals surface area contributed by atoms with E-state index in [1.165, 1.54) is 30.5 Å². The van der Waals surface area contributed by atoms with E-state index in [0.717, 1.165) is 0 Å². The van der Waals surface area contributed by atoms with E-state index in [1.807, 2.05) is 22.6 Å². The van der Waals surface area contributed by atoms with Crippen molar-refractivity contribution in [2.45, 2.75) is 0 Å². The molecular weight excluding hydrogens is 326 g/mol. The predicted molar refractivity (Wildman–Crippen MR) is 63.6 cm³/mol. The number of benzene rings is 1. The largest absolute Gasteiger partial charge is 0.351 e. The molecule has 0 aliphatic carbocycles. The Labute approximate surface area is 104 Å². The highest BCUT2D eigenvalue weighted by Crippen LogP contribution is 2.19. The van der Waals surface area contributed by atoms with E-state index in [-0.39, 0.29) is 11.6 Å². The van der Waals surface area contributed by atoms with Gasteiger partial charge in [0.2, 0.25) is 5.76 Å². The van der Waals surface area contributed by atoms with Crippen molar-refractivity contribution in [2.75, 3.05) is 5.32 Å². The topological polar surface area (TPSA) is 55.1 Å². The molecule has 2 rings (SSSR count). The Morgan fingerprint density at radius 3 is 2.88 bits per heavy atom. The number of hydrogen-bond acceptors (Lipinski definition) is 3. The fourth-order valence-electron chi connectivity index (χ4n) is 1.11. The number of nitrogens with one attached hydrogen (secondary N) is 1. The molecule has 1 amide bonds. The van der Waals surface area contributed by atoms with E-state index in [9.17, 15) is 9.18 Å². The fourth-order valence-corrected chi connectivity index (χ4v) is 1.72. The molecule has 1 N–H and O–H groups in total. The standard InChI is InChI=1S/C10H6FIN2O2/c11-6-1-2-8(7(12)5-6)14-10(15)9-3-4-13-16-9/h1-5H,(H,14,15). The Kier molecular flexibility index (Phi) is 3.18. The maximum absolute atomic E-state index is 12.8. The fraction of sp³-hybridized carbons (Fsp3) is 0. The highest BCUT2D eigenvalue weighted by Gasteiger charge is 2.11. The molecule has 0 bridgehead atoms. The van der Waals surface area contributed by atoms with Crippen LogP contribution in [0.3, 0.4) is 0 Å². The SMILES string of the molecule is O=C(Nc1ccc(F)cc1I)c1ccno1. The van der Waals surface area contributed by atoms with Crippen LogP contribution in [0.15, 0.2) is 35.0 Å². The van der Waals surface area contributed by atoms with Crippen LogP contribution in [0.1, 0.15) is 10.6 Å². The number of anilines is 1. The van der Waals surface area contributed by atoms with Crippen molar-refractivity contribution in [1.29, 1.82) is 0 Å². The van der Waals surface area contributed by atoms with Gasteiger partial charge in [-0.3, -0.25) is 4.79 Å². The van der Waals surface area contributed by atoms with Crippen molar-refractivity contribution < 1.29 is 13.7 Å². The summed E-state index contributed by atoms with van der Waals surface area (Å²) in [5.74, 6) is -0.649. The van der Waals surface area contributed by atoms with Gasteiger partial charge in [-0.1, -0.05) is 5.16 Å². The zero-order valence-electron chi connectivity index (χ0n) is 7.91. The van der Waals surface area contributed by atoms with Crippen LogP contribution in [-0.2, 0) is 0 Å². The number of rotatable bonds is 2. The normalized spacial score (nSPS) is 10.1. The first kappa shape index (κ1) is 11.1. The second-order valence-corrected chi connectivity index (χ2v) is 4.12. The maximum atomic E-state index is 12.8. The second kappa shape index (κ2) is 4.60. The number of carbonyl (C=O) groups excluding carboxylic acids is 1. The maximum Gasteiger partial charge on any atom is 0.294 e. The van der Waals surface area contributed by atoms with Gasteiger partial charge in [-0.15, -0.1) is 0 Å². The van der Waals surface area contributed by atoms with Crippen molar-refractivity contribution >= 4 is 34.2 Å². The zero-order valence-corrected chi connectivity index (χ0v) is 10.1. The Balaban J connectivity index is 2.18. The molecule has 0 spiro atoms. The van der Waals surface area contributed by atoms with Crippen molar-refractivity contribution in [2.24, 2.45) is 0 Å². The molecule has 1 aromatic heterocycles. The Hall–Kier alpha value is -1.44. The lowest BCUT2D eigenvalue weighted by atomic mass is 10.3. The molecule has 0 aliphatic heterocycles. The van der Waals surface area contributed by atoms with Crippen LogP contribution in [0.25, 0.3) is 0 Å². The van der Waals surface area contributed by atoms with Gasteiger partial charge in [-0.05, 0) is 40.8 Å². The van der Waals surface area contributed by atoms with Gasteiger partial charge in [-0.2, -0.15) is 0 Å². The number of halogens is 2. The quantitative estimate of drug-likeness (QED) is 0.861. The number of aromatic nitrogens is 1. The molecule has 6 heteroatoms. The third kappa shape index (κ3) is 2.38. The summed E-state index contributed by atoms with van der Waals surface area (Å²) >= 11 is 1.94. The summed E-state index contributed by atoms with van der Waals surface area (Å²) < 4.78 is 18.1. The summed E-state index contributed by atoms with van der Waals surface area (Å²) in [4.78, 5) is 11.6. The van der Waals surface area contributed by atoms with Gasteiger partial charge in [0.15, 0.2) is 0 Å². The molecule has 0 fully saturated rings. The molecule has 16 heavy (non-hydrogen) atoms. The summed E-state index contributed by atoms with van der Waals surface area (Å²) in [7, 11) is 0. The zero-order chi connectivity index (χ0) is 11.5. The lowest BCUT2D eigenvalue weighted by Gasteiger charge is -2.04. The van der Waals surface area contributed by atoms with Gasteiger partial charge >= 0.3 is 0 Å². The summed E-state index contributed by atoms with van der Waals surface area (Å²) in [6, 6.07) is 5.55. The average molecular weight is 332 g/mol. The summed E-state index contributed by atoms with van der Waals surface area (Å²) in [5, 5.41) is 6.02. The summed E-state index contributed by atoms with van der Waals surface area (Å²) in [5.41, 5.74) is 0.531. The second-order valence-electron chi connectivity index (χ2n) is 2.95. The third-order valence-corrected chi connectivity index (χ3v) is 2.73. The van der Waals surface area contributed by atoms with Gasteiger partial charge in [0, 0.05) is 9.64 Å². The lowest BCUT2D eigenvalue weighted by Crippen LogP contribution is -2.11. The molecule has 82 valence electrons. The van der Waals surface area contributed by atoms with Crippen LogP contribution in [0.5, 0.6) is 0 Å². The number of nitrogens with zero attached hydrogens (tertiary/aromatic N) is 1. The van der Waals surface area contributed by atoms with Gasteiger partial charge in [-0.25, -0.2) is 4.39 Å². The van der Waals surface area contributed by atoms with E-state index in [4.69, 9.17) is 4.52 Å². The van der Waals surface area contributed by atoms with Gasteiger partial charge in [0.25, 0.3) is 5.91 Å². The van der Waals surface area contributed by atoms with Gasteiger partial charge in [0.1, 0.15) is 5.82 Å². The van der Waals surface area contributed by atoms with Crippen molar-refractivity contribution in [3.8, 4) is 0 Å². The van der Waals surface area contributed by atoms with Crippen LogP contribution in [0.2, 0.25) is 0 Å². The molecule has 0 aliphatic rings. The van der Waals surface area contributed by atoms with Crippen molar-refractivity contribution in [3.63, 3.8) is 0 Å². The number of carbonyl (C=O) groups is 1. The van der Waals surface area contributed by atoms with Crippen LogP contribution in [-0.4, -0.2) is 11.1 Å². The molecule has 0 saturated heterocycles. The molecule has 0 unspecified atom stereocenters. The predicted octanol–water partition coefficient (Wildman–Crippen LogP) is 2.67. The smallest absolute Gasteiger partial charge is 0.294 e. The molecule has 0 atom stereocenters. The van der Waals surface area contributed by atoms with Crippen molar-refractivity contribution in [1.82, 2.24) is 5.16 Å². The van der Waals surface area contributed by atoms with Gasteiger partial charge in [0.05, 0.1) is 11.9 Å². The Morgan fingerprint density at radius 2 is 2.25 bits per heavy atom.